The minimum Gasteiger partial charge on any atom is -0.399 e. The van der Waals surface area contributed by atoms with Gasteiger partial charge >= 0.3 is 0 Å². The van der Waals surface area contributed by atoms with Crippen molar-refractivity contribution in [3.05, 3.63) is 339 Å². The van der Waals surface area contributed by atoms with E-state index >= 15 is 0 Å². The lowest BCUT2D eigenvalue weighted by atomic mass is 10.1. The van der Waals surface area contributed by atoms with E-state index in [1.807, 2.05) is 97.7 Å². The van der Waals surface area contributed by atoms with Crippen LogP contribution < -0.4 is 10.6 Å². The molecule has 0 bridgehead atoms. The van der Waals surface area contributed by atoms with Crippen LogP contribution in [0.25, 0.3) is 138 Å². The Hall–Kier alpha value is -13.0. The van der Waals surface area contributed by atoms with Gasteiger partial charge in [-0.2, -0.15) is 0 Å². The summed E-state index contributed by atoms with van der Waals surface area (Å²) in [6, 6.07) is 106. The number of nitrogen functional groups attached to an aromatic ring is 1. The summed E-state index contributed by atoms with van der Waals surface area (Å²) in [5.41, 5.74) is 25.3. The molecule has 20 rings (SSSR count). The molecule has 0 aliphatic heterocycles. The molecule has 12 nitrogen and oxygen atoms in total. The number of nitrogens with two attached hydrogens (primary N) is 1. The average Bonchev–Trinajstić information content (AvgIpc) is 1.60. The predicted octanol–water partition coefficient (Wildman–Crippen LogP) is 21.3. The number of pyridine rings is 5. The highest BCUT2D eigenvalue weighted by molar-refractivity contribution is 9.10. The molecule has 464 valence electrons. The molecule has 10 aromatic heterocycles. The Kier molecular flexibility index (Phi) is 14.2. The fourth-order valence-electron chi connectivity index (χ4n) is 14.3. The molecule has 0 fully saturated rings. The van der Waals surface area contributed by atoms with Gasteiger partial charge in [0, 0.05) is 141 Å². The number of anilines is 4. The molecule has 0 saturated carbocycles. The first-order valence-corrected chi connectivity index (χ1v) is 33.2. The standard InChI is InChI=1S/C51H33N7.C17H11BrN2.C17H13N3/c1-4-25-46-40(19-1)43-22-10-28-52-49(43)56(46)37-16-7-13-34(31-37)55(35-14-8-17-38(32-35)57-47-26-5-2-20-41(47)44-23-11-29-53-50(44)57)36-15-9-18-39(33-36)58-48-27-6-3-21-42(48)45-24-12-30-54-51(45)58;2*18-12-5-3-6-13(11-12)20-16-9-2-1-7-14(16)15-8-4-10-19-17(15)20/h1-33H;1-11H;1-11H,18H2. The van der Waals surface area contributed by atoms with Crippen LogP contribution in [0.15, 0.2) is 339 Å². The van der Waals surface area contributed by atoms with E-state index in [9.17, 15) is 0 Å². The van der Waals surface area contributed by atoms with Crippen molar-refractivity contribution in [2.75, 3.05) is 10.6 Å². The summed E-state index contributed by atoms with van der Waals surface area (Å²) < 4.78 is 12.2. The molecule has 0 saturated heterocycles. The number of hydrogen-bond donors (Lipinski definition) is 1. The lowest BCUT2D eigenvalue weighted by molar-refractivity contribution is 1.12. The molecule has 0 aliphatic rings. The first-order chi connectivity index (χ1) is 48.5. The first-order valence-electron chi connectivity index (χ1n) is 32.4. The Morgan fingerprint density at radius 1 is 0.235 bits per heavy atom. The van der Waals surface area contributed by atoms with E-state index in [0.717, 1.165) is 128 Å². The van der Waals surface area contributed by atoms with E-state index in [2.05, 4.69) is 290 Å². The second-order valence-corrected chi connectivity index (χ2v) is 25.0. The molecular formula is C85H57BrN12. The van der Waals surface area contributed by atoms with E-state index < -0.39 is 0 Å². The Bertz CT molecular complexity index is 5680. The zero-order valence-electron chi connectivity index (χ0n) is 52.6. The van der Waals surface area contributed by atoms with Crippen LogP contribution >= 0.6 is 15.9 Å². The van der Waals surface area contributed by atoms with Gasteiger partial charge in [-0.3, -0.25) is 22.8 Å². The Morgan fingerprint density at radius 2 is 0.480 bits per heavy atom. The van der Waals surface area contributed by atoms with E-state index in [-0.39, 0.29) is 0 Å². The minimum absolute atomic E-state index is 0.754. The van der Waals surface area contributed by atoms with Crippen molar-refractivity contribution in [2.45, 2.75) is 0 Å². The van der Waals surface area contributed by atoms with Crippen molar-refractivity contribution in [1.82, 2.24) is 47.8 Å². The monoisotopic (exact) mass is 1320 g/mol. The molecule has 0 spiro atoms. The summed E-state index contributed by atoms with van der Waals surface area (Å²) in [6.45, 7) is 0. The molecular weight excluding hydrogens is 1270 g/mol. The third-order valence-corrected chi connectivity index (χ3v) is 18.9. The number of hydrogen-bond acceptors (Lipinski definition) is 7. The quantitative estimate of drug-likeness (QED) is 0.151. The van der Waals surface area contributed by atoms with Crippen LogP contribution in [0, 0.1) is 0 Å². The van der Waals surface area contributed by atoms with Crippen LogP contribution in [0.3, 0.4) is 0 Å². The zero-order chi connectivity index (χ0) is 65.2. The molecule has 98 heavy (non-hydrogen) atoms. The SMILES string of the molecule is Brc1cccc(-n2c3ccccc3c3cccnc32)c1.Nc1cccc(-n2c3ccccc3c3cccnc32)c1.c1cc(N(c2cccc(-n3c4ccccc4c4cccnc43)c2)c2cccc(-n3c4ccccc4c4cccnc43)c2)cc(-n2c3ccccc3c3cccnc32)c1. The van der Waals surface area contributed by atoms with E-state index in [1.54, 1.807) is 0 Å². The van der Waals surface area contributed by atoms with Gasteiger partial charge in [0.15, 0.2) is 0 Å². The summed E-state index contributed by atoms with van der Waals surface area (Å²) in [6.07, 6.45) is 9.29. The number of fused-ring (bicyclic) bond motifs is 15. The van der Waals surface area contributed by atoms with Crippen molar-refractivity contribution in [2.24, 2.45) is 0 Å². The van der Waals surface area contributed by atoms with Gasteiger partial charge in [-0.1, -0.05) is 137 Å². The molecule has 10 aromatic carbocycles. The van der Waals surface area contributed by atoms with Gasteiger partial charge in [0.25, 0.3) is 0 Å². The van der Waals surface area contributed by atoms with Crippen LogP contribution in [0.1, 0.15) is 0 Å². The molecule has 2 N–H and O–H groups in total. The summed E-state index contributed by atoms with van der Waals surface area (Å²) in [7, 11) is 0. The molecule has 10 heterocycles. The average molecular weight is 1330 g/mol. The van der Waals surface area contributed by atoms with Gasteiger partial charge in [0.2, 0.25) is 0 Å². The molecule has 0 unspecified atom stereocenters. The Balaban J connectivity index is 0.000000140. The van der Waals surface area contributed by atoms with Crippen molar-refractivity contribution in [3.63, 3.8) is 0 Å². The highest BCUT2D eigenvalue weighted by Crippen LogP contribution is 2.42. The van der Waals surface area contributed by atoms with Gasteiger partial charge in [-0.25, -0.2) is 24.9 Å². The first kappa shape index (κ1) is 57.7. The van der Waals surface area contributed by atoms with Gasteiger partial charge in [-0.15, -0.1) is 0 Å². The third kappa shape index (κ3) is 9.78. The van der Waals surface area contributed by atoms with Crippen LogP contribution in [0.2, 0.25) is 0 Å². The van der Waals surface area contributed by atoms with Crippen LogP contribution in [0.5, 0.6) is 0 Å². The zero-order valence-corrected chi connectivity index (χ0v) is 54.2. The van der Waals surface area contributed by atoms with Gasteiger partial charge in [-0.05, 0) is 182 Å². The van der Waals surface area contributed by atoms with Gasteiger partial charge in [0.05, 0.1) is 27.6 Å². The van der Waals surface area contributed by atoms with E-state index in [4.69, 9.17) is 20.7 Å². The minimum atomic E-state index is 0.754. The number of nitrogens with zero attached hydrogens (tertiary/aromatic N) is 11. The maximum absolute atomic E-state index is 5.92. The highest BCUT2D eigenvalue weighted by atomic mass is 79.9. The second kappa shape index (κ2) is 24.1. The van der Waals surface area contributed by atoms with Crippen LogP contribution in [-0.4, -0.2) is 47.8 Å². The van der Waals surface area contributed by atoms with Crippen molar-refractivity contribution in [3.8, 4) is 28.4 Å². The summed E-state index contributed by atoms with van der Waals surface area (Å²) >= 11 is 3.54. The van der Waals surface area contributed by atoms with Gasteiger partial charge in [0.1, 0.15) is 28.2 Å². The lowest BCUT2D eigenvalue weighted by Crippen LogP contribution is -2.12. The highest BCUT2D eigenvalue weighted by Gasteiger charge is 2.22. The normalized spacial score (nSPS) is 11.6. The van der Waals surface area contributed by atoms with Crippen molar-refractivity contribution >= 4 is 148 Å². The largest absolute Gasteiger partial charge is 0.399 e. The van der Waals surface area contributed by atoms with E-state index in [0.29, 0.717) is 0 Å². The predicted molar refractivity (Wildman–Crippen MR) is 407 cm³/mol. The summed E-state index contributed by atoms with van der Waals surface area (Å²) in [5.74, 6) is 0. The number of rotatable bonds is 8. The molecule has 13 heteroatoms. The van der Waals surface area contributed by atoms with Crippen molar-refractivity contribution in [1.29, 1.82) is 0 Å². The maximum Gasteiger partial charge on any atom is 0.145 e. The molecule has 0 aliphatic carbocycles. The Morgan fingerprint density at radius 3 is 0.765 bits per heavy atom. The summed E-state index contributed by atoms with van der Waals surface area (Å²) in [5, 5.41) is 11.7. The van der Waals surface area contributed by atoms with Crippen LogP contribution in [-0.2, 0) is 0 Å². The molecule has 0 amide bonds. The fraction of sp³-hybridized carbons (Fsp3) is 0. The van der Waals surface area contributed by atoms with E-state index in [1.165, 1.54) is 37.8 Å². The van der Waals surface area contributed by atoms with Crippen molar-refractivity contribution < 1.29 is 0 Å². The molecule has 0 radical (unpaired) electrons. The fourth-order valence-corrected chi connectivity index (χ4v) is 14.7. The lowest BCUT2D eigenvalue weighted by Gasteiger charge is -2.27. The second-order valence-electron chi connectivity index (χ2n) is 24.1. The number of halogens is 1. The van der Waals surface area contributed by atoms with Crippen LogP contribution in [0.4, 0.5) is 22.7 Å². The number of benzene rings is 10. The Labute approximate surface area is 570 Å². The number of para-hydroxylation sites is 5. The molecule has 0 atom stereocenters. The number of aromatic nitrogens is 10. The third-order valence-electron chi connectivity index (χ3n) is 18.4. The maximum atomic E-state index is 5.92. The summed E-state index contributed by atoms with van der Waals surface area (Å²) in [4.78, 5) is 26.2. The van der Waals surface area contributed by atoms with Gasteiger partial charge < -0.3 is 10.6 Å². The topological polar surface area (TPSA) is 118 Å². The smallest absolute Gasteiger partial charge is 0.145 e. The molecule has 20 aromatic rings.